The van der Waals surface area contributed by atoms with Crippen LogP contribution in [0.3, 0.4) is 0 Å². The number of aromatic amines is 2. The Kier molecular flexibility index (Phi) is 5.79. The Hall–Kier alpha value is -3.78. The van der Waals surface area contributed by atoms with Gasteiger partial charge in [-0.15, -0.1) is 0 Å². The summed E-state index contributed by atoms with van der Waals surface area (Å²) in [6.45, 7) is 10.1. The molecule has 1 saturated carbocycles. The van der Waals surface area contributed by atoms with Crippen molar-refractivity contribution in [1.82, 2.24) is 19.9 Å². The summed E-state index contributed by atoms with van der Waals surface area (Å²) in [6, 6.07) is 5.95. The van der Waals surface area contributed by atoms with Crippen molar-refractivity contribution >= 4 is 22.6 Å². The Morgan fingerprint density at radius 1 is 1.14 bits per heavy atom. The van der Waals surface area contributed by atoms with E-state index in [1.807, 2.05) is 6.07 Å². The van der Waals surface area contributed by atoms with Crippen LogP contribution in [0.1, 0.15) is 55.9 Å². The molecule has 36 heavy (non-hydrogen) atoms. The van der Waals surface area contributed by atoms with Crippen molar-refractivity contribution in [3.8, 4) is 22.6 Å². The van der Waals surface area contributed by atoms with Gasteiger partial charge in [-0.1, -0.05) is 26.8 Å². The third kappa shape index (κ3) is 4.11. The number of nitrogens with zero attached hydrogens (tertiary/aromatic N) is 2. The third-order valence-corrected chi connectivity index (χ3v) is 6.99. The minimum atomic E-state index is -0.354. The van der Waals surface area contributed by atoms with Crippen LogP contribution in [0.5, 0.6) is 0 Å². The minimum absolute atomic E-state index is 0.0137. The number of aliphatic hydroxyl groups excluding tert-OH is 1. The molecule has 4 aromatic rings. The van der Waals surface area contributed by atoms with E-state index in [1.54, 1.807) is 25.4 Å². The molecule has 0 aliphatic heterocycles. The van der Waals surface area contributed by atoms with Gasteiger partial charge >= 0.3 is 0 Å². The molecule has 0 spiro atoms. The number of nitrogens with one attached hydrogen (secondary N) is 3. The van der Waals surface area contributed by atoms with E-state index in [9.17, 15) is 14.7 Å². The predicted octanol–water partition coefficient (Wildman–Crippen LogP) is 4.74. The number of fused-ring (bicyclic) bond motifs is 1. The fourth-order valence-corrected chi connectivity index (χ4v) is 4.87. The molecule has 0 unspecified atom stereocenters. The van der Waals surface area contributed by atoms with E-state index in [0.29, 0.717) is 33.8 Å². The van der Waals surface area contributed by atoms with E-state index in [0.717, 1.165) is 29.4 Å². The maximum Gasteiger partial charge on any atom is 0.272 e. The van der Waals surface area contributed by atoms with E-state index in [2.05, 4.69) is 54.0 Å². The normalized spacial score (nSPS) is 13.8. The van der Waals surface area contributed by atoms with E-state index in [1.165, 1.54) is 5.56 Å². The van der Waals surface area contributed by atoms with E-state index in [-0.39, 0.29) is 35.1 Å². The number of hydrogen-bond acceptors (Lipinski definition) is 5. The van der Waals surface area contributed by atoms with Crippen LogP contribution in [-0.4, -0.2) is 30.9 Å². The van der Waals surface area contributed by atoms with Gasteiger partial charge in [0.05, 0.1) is 17.6 Å². The maximum absolute atomic E-state index is 12.5. The van der Waals surface area contributed by atoms with Crippen molar-refractivity contribution in [1.29, 1.82) is 0 Å². The van der Waals surface area contributed by atoms with Crippen molar-refractivity contribution in [3.05, 3.63) is 63.2 Å². The van der Waals surface area contributed by atoms with Crippen LogP contribution < -0.4 is 10.9 Å². The lowest BCUT2D eigenvalue weighted by Gasteiger charge is -2.21. The van der Waals surface area contributed by atoms with Gasteiger partial charge in [0.25, 0.3) is 5.56 Å². The number of rotatable bonds is 5. The number of carbonyl (C=O) groups excluding carboxylic acids is 1. The van der Waals surface area contributed by atoms with Gasteiger partial charge in [-0.2, -0.15) is 0 Å². The van der Waals surface area contributed by atoms with Crippen LogP contribution in [0.4, 0.5) is 5.69 Å². The summed E-state index contributed by atoms with van der Waals surface area (Å²) in [4.78, 5) is 40.4. The Morgan fingerprint density at radius 3 is 2.56 bits per heavy atom. The number of amides is 1. The number of aromatic nitrogens is 4. The fourth-order valence-electron chi connectivity index (χ4n) is 4.87. The molecular weight excluding hydrogens is 454 g/mol. The Bertz CT molecular complexity index is 1550. The predicted molar refractivity (Wildman–Crippen MR) is 141 cm³/mol. The smallest absolute Gasteiger partial charge is 0.272 e. The largest absolute Gasteiger partial charge is 0.392 e. The van der Waals surface area contributed by atoms with E-state index < -0.39 is 0 Å². The third-order valence-electron chi connectivity index (χ3n) is 6.99. The minimum Gasteiger partial charge on any atom is -0.392 e. The summed E-state index contributed by atoms with van der Waals surface area (Å²) in [5, 5.41) is 13.2. The van der Waals surface area contributed by atoms with E-state index >= 15 is 0 Å². The molecule has 3 aromatic heterocycles. The van der Waals surface area contributed by atoms with Gasteiger partial charge < -0.3 is 20.4 Å². The molecule has 4 N–H and O–H groups in total. The van der Waals surface area contributed by atoms with Crippen molar-refractivity contribution in [2.24, 2.45) is 5.92 Å². The second-order valence-electron chi connectivity index (χ2n) is 10.6. The zero-order chi connectivity index (χ0) is 25.8. The average Bonchev–Trinajstić information content (AvgIpc) is 3.59. The molecule has 0 bridgehead atoms. The van der Waals surface area contributed by atoms with Crippen LogP contribution >= 0.6 is 0 Å². The van der Waals surface area contributed by atoms with Crippen molar-refractivity contribution in [2.45, 2.75) is 59.5 Å². The number of pyridine rings is 2. The van der Waals surface area contributed by atoms with Gasteiger partial charge in [-0.3, -0.25) is 14.6 Å². The zero-order valence-electron chi connectivity index (χ0n) is 21.2. The van der Waals surface area contributed by atoms with Gasteiger partial charge in [-0.05, 0) is 66.5 Å². The number of benzene rings is 1. The molecule has 1 aromatic carbocycles. The van der Waals surface area contributed by atoms with Gasteiger partial charge in [0.1, 0.15) is 11.4 Å². The van der Waals surface area contributed by atoms with Crippen LogP contribution in [-0.2, 0) is 16.8 Å². The number of aliphatic hydroxyl groups is 1. The Labute approximate surface area is 209 Å². The molecule has 8 heteroatoms. The molecule has 0 radical (unpaired) electrons. The van der Waals surface area contributed by atoms with Crippen molar-refractivity contribution in [3.63, 3.8) is 0 Å². The maximum atomic E-state index is 12.5. The number of anilines is 1. The molecule has 5 rings (SSSR count). The summed E-state index contributed by atoms with van der Waals surface area (Å²) in [7, 11) is 0. The summed E-state index contributed by atoms with van der Waals surface area (Å²) in [6.07, 6.45) is 4.97. The van der Waals surface area contributed by atoms with Crippen LogP contribution in [0.2, 0.25) is 0 Å². The molecular formula is C28H31N5O3. The highest BCUT2D eigenvalue weighted by Crippen LogP contribution is 2.36. The average molecular weight is 486 g/mol. The van der Waals surface area contributed by atoms with Gasteiger partial charge in [-0.25, -0.2) is 4.98 Å². The molecule has 1 aliphatic rings. The molecule has 1 amide bonds. The first-order valence-corrected chi connectivity index (χ1v) is 12.2. The zero-order valence-corrected chi connectivity index (χ0v) is 21.2. The SMILES string of the molecule is Cc1c(-c2ccnc(-c3nc4c(C)c(C(C)(C)C)ccc4[nH]3)c2CO)c[nH]c(=O)c1NC(=O)C1CC1. The van der Waals surface area contributed by atoms with Gasteiger partial charge in [0, 0.05) is 29.4 Å². The monoisotopic (exact) mass is 485 g/mol. The number of imidazole rings is 1. The second kappa shape index (κ2) is 8.71. The first-order chi connectivity index (χ1) is 17.1. The van der Waals surface area contributed by atoms with Gasteiger partial charge in [0.15, 0.2) is 5.82 Å². The molecule has 1 fully saturated rings. The van der Waals surface area contributed by atoms with Crippen LogP contribution in [0.15, 0.2) is 35.4 Å². The summed E-state index contributed by atoms with van der Waals surface area (Å²) >= 11 is 0. The number of aryl methyl sites for hydroxylation is 1. The molecule has 3 heterocycles. The first-order valence-electron chi connectivity index (χ1n) is 12.2. The van der Waals surface area contributed by atoms with Crippen molar-refractivity contribution < 1.29 is 9.90 Å². The highest BCUT2D eigenvalue weighted by Gasteiger charge is 2.31. The Balaban J connectivity index is 1.63. The van der Waals surface area contributed by atoms with Crippen molar-refractivity contribution in [2.75, 3.05) is 5.32 Å². The lowest BCUT2D eigenvalue weighted by Crippen LogP contribution is -2.22. The van der Waals surface area contributed by atoms with Crippen LogP contribution in [0.25, 0.3) is 33.7 Å². The Morgan fingerprint density at radius 2 is 1.89 bits per heavy atom. The number of hydrogen-bond donors (Lipinski definition) is 4. The molecule has 0 saturated heterocycles. The molecule has 8 nitrogen and oxygen atoms in total. The molecule has 1 aliphatic carbocycles. The second-order valence-corrected chi connectivity index (χ2v) is 10.6. The fraction of sp³-hybridized carbons (Fsp3) is 0.357. The van der Waals surface area contributed by atoms with E-state index in [4.69, 9.17) is 4.98 Å². The standard InChI is InChI=1S/C28H31N5O3/c1-14-18(12-30-27(36)23(14)33-26(35)16-6-7-16)17-10-11-29-24(19(17)13-34)25-31-21-9-8-20(28(3,4)5)15(2)22(21)32-25/h8-12,16,34H,6-7,13H2,1-5H3,(H,30,36)(H,31,32)(H,33,35). The molecule has 0 atom stereocenters. The lowest BCUT2D eigenvalue weighted by atomic mass is 9.84. The number of carbonyl (C=O) groups is 1. The van der Waals surface area contributed by atoms with Crippen LogP contribution in [0, 0.1) is 19.8 Å². The summed E-state index contributed by atoms with van der Waals surface area (Å²) < 4.78 is 0. The first kappa shape index (κ1) is 23.9. The number of H-pyrrole nitrogens is 2. The topological polar surface area (TPSA) is 124 Å². The highest BCUT2D eigenvalue weighted by atomic mass is 16.3. The molecule has 186 valence electrons. The highest BCUT2D eigenvalue weighted by molar-refractivity contribution is 5.95. The quantitative estimate of drug-likeness (QED) is 0.325. The summed E-state index contributed by atoms with van der Waals surface area (Å²) in [5.74, 6) is 0.406. The lowest BCUT2D eigenvalue weighted by molar-refractivity contribution is -0.117. The van der Waals surface area contributed by atoms with Gasteiger partial charge in [0.2, 0.25) is 5.91 Å². The summed E-state index contributed by atoms with van der Waals surface area (Å²) in [5.41, 5.74) is 7.15.